The van der Waals surface area contributed by atoms with Crippen LogP contribution in [0.3, 0.4) is 0 Å². The molecule has 0 amide bonds. The molecule has 0 N–H and O–H groups in total. The molecular formula is C15H18BrNOS. The van der Waals surface area contributed by atoms with Gasteiger partial charge in [0.1, 0.15) is 12.4 Å². The van der Waals surface area contributed by atoms with Gasteiger partial charge in [-0.1, -0.05) is 28.9 Å². The Morgan fingerprint density at radius 3 is 2.63 bits per heavy atom. The van der Waals surface area contributed by atoms with Gasteiger partial charge in [0.05, 0.1) is 0 Å². The van der Waals surface area contributed by atoms with Crippen molar-refractivity contribution >= 4 is 27.3 Å². The van der Waals surface area contributed by atoms with Crippen LogP contribution in [0.1, 0.15) is 11.8 Å². The van der Waals surface area contributed by atoms with Crippen LogP contribution in [-0.2, 0) is 6.54 Å². The molecular weight excluding hydrogens is 322 g/mol. The van der Waals surface area contributed by atoms with E-state index >= 15 is 0 Å². The highest BCUT2D eigenvalue weighted by Crippen LogP contribution is 2.16. The fourth-order valence-electron chi connectivity index (χ4n) is 1.80. The van der Waals surface area contributed by atoms with Crippen molar-refractivity contribution < 1.29 is 4.74 Å². The first-order valence-electron chi connectivity index (χ1n) is 6.41. The predicted molar refractivity (Wildman–Crippen MR) is 84.9 cm³/mol. The highest BCUT2D eigenvalue weighted by Gasteiger charge is 2.04. The molecule has 0 aliphatic carbocycles. The third-order valence-electron chi connectivity index (χ3n) is 2.90. The van der Waals surface area contributed by atoms with Gasteiger partial charge in [-0.2, -0.15) is 0 Å². The molecule has 0 saturated carbocycles. The minimum absolute atomic E-state index is 0.723. The summed E-state index contributed by atoms with van der Waals surface area (Å²) in [5.74, 6) is 0.926. The number of ether oxygens (including phenoxy) is 1. The Hall–Kier alpha value is -0.840. The Labute approximate surface area is 127 Å². The molecule has 2 aromatic rings. The first-order chi connectivity index (χ1) is 9.28. The summed E-state index contributed by atoms with van der Waals surface area (Å²) in [6, 6.07) is 12.3. The zero-order chi connectivity index (χ0) is 13.5. The second kappa shape index (κ2) is 7.68. The molecule has 0 bridgehead atoms. The van der Waals surface area contributed by atoms with E-state index in [1.165, 1.54) is 4.88 Å². The van der Waals surface area contributed by atoms with E-state index in [0.29, 0.717) is 0 Å². The van der Waals surface area contributed by atoms with Crippen LogP contribution in [0.4, 0.5) is 0 Å². The van der Waals surface area contributed by atoms with E-state index in [2.05, 4.69) is 45.3 Å². The summed E-state index contributed by atoms with van der Waals surface area (Å²) < 4.78 is 6.83. The van der Waals surface area contributed by atoms with Gasteiger partial charge in [-0.3, -0.25) is 4.90 Å². The lowest BCUT2D eigenvalue weighted by Gasteiger charge is -2.19. The molecule has 0 radical (unpaired) electrons. The third-order valence-corrected chi connectivity index (χ3v) is 4.29. The van der Waals surface area contributed by atoms with Crippen LogP contribution in [0, 0.1) is 0 Å². The van der Waals surface area contributed by atoms with Crippen molar-refractivity contribution in [3.8, 4) is 5.75 Å². The van der Waals surface area contributed by atoms with E-state index in [-0.39, 0.29) is 0 Å². The summed E-state index contributed by atoms with van der Waals surface area (Å²) in [4.78, 5) is 3.80. The van der Waals surface area contributed by atoms with Crippen LogP contribution in [0.2, 0.25) is 0 Å². The molecule has 1 heterocycles. The summed E-state index contributed by atoms with van der Waals surface area (Å²) in [5, 5.41) is 2.13. The smallest absolute Gasteiger partial charge is 0.119 e. The van der Waals surface area contributed by atoms with Crippen molar-refractivity contribution in [1.82, 2.24) is 4.90 Å². The first-order valence-corrected chi connectivity index (χ1v) is 8.08. The number of halogens is 1. The average Bonchev–Trinajstić information content (AvgIpc) is 2.93. The fraction of sp³-hybridized carbons (Fsp3) is 0.333. The maximum atomic E-state index is 5.75. The van der Waals surface area contributed by atoms with E-state index in [4.69, 9.17) is 4.74 Å². The maximum Gasteiger partial charge on any atom is 0.119 e. The third kappa shape index (κ3) is 4.97. The minimum atomic E-state index is 0.723. The van der Waals surface area contributed by atoms with Gasteiger partial charge in [-0.25, -0.2) is 0 Å². The number of benzene rings is 1. The van der Waals surface area contributed by atoms with Crippen molar-refractivity contribution in [2.24, 2.45) is 0 Å². The molecule has 2 rings (SSSR count). The lowest BCUT2D eigenvalue weighted by Crippen LogP contribution is -2.27. The number of likely N-dealkylation sites (N-methyl/N-ethyl adjacent to an activating group) is 1. The molecule has 102 valence electrons. The number of hydrogen-bond donors (Lipinski definition) is 0. The number of nitrogens with zero attached hydrogens (tertiary/aromatic N) is 1. The van der Waals surface area contributed by atoms with Crippen LogP contribution in [0.15, 0.2) is 46.3 Å². The molecule has 0 aliphatic rings. The number of hydrogen-bond acceptors (Lipinski definition) is 3. The lowest BCUT2D eigenvalue weighted by molar-refractivity contribution is 0.211. The first kappa shape index (κ1) is 14.6. The monoisotopic (exact) mass is 339 g/mol. The molecule has 4 heteroatoms. The fourth-order valence-corrected chi connectivity index (χ4v) is 2.81. The topological polar surface area (TPSA) is 12.5 Å². The molecule has 0 saturated heterocycles. The summed E-state index contributed by atoms with van der Waals surface area (Å²) >= 11 is 5.23. The van der Waals surface area contributed by atoms with Gasteiger partial charge >= 0.3 is 0 Å². The van der Waals surface area contributed by atoms with E-state index in [1.54, 1.807) is 0 Å². The second-order valence-corrected chi connectivity index (χ2v) is 6.20. The van der Waals surface area contributed by atoms with Crippen molar-refractivity contribution in [3.63, 3.8) is 0 Å². The van der Waals surface area contributed by atoms with Gasteiger partial charge in [0.25, 0.3) is 0 Å². The van der Waals surface area contributed by atoms with Crippen molar-refractivity contribution in [1.29, 1.82) is 0 Å². The van der Waals surface area contributed by atoms with Crippen molar-refractivity contribution in [2.75, 3.05) is 19.7 Å². The molecule has 1 aromatic carbocycles. The number of rotatable bonds is 7. The summed E-state index contributed by atoms with van der Waals surface area (Å²) in [5.41, 5.74) is 0. The van der Waals surface area contributed by atoms with Gasteiger partial charge in [-0.15, -0.1) is 11.3 Å². The molecule has 1 aromatic heterocycles. The summed E-state index contributed by atoms with van der Waals surface area (Å²) in [6.45, 7) is 5.91. The second-order valence-electron chi connectivity index (χ2n) is 4.25. The highest BCUT2D eigenvalue weighted by atomic mass is 79.9. The van der Waals surface area contributed by atoms with Gasteiger partial charge < -0.3 is 4.74 Å². The molecule has 0 aliphatic heterocycles. The summed E-state index contributed by atoms with van der Waals surface area (Å²) in [7, 11) is 0. The van der Waals surface area contributed by atoms with Crippen LogP contribution >= 0.6 is 27.3 Å². The average molecular weight is 340 g/mol. The van der Waals surface area contributed by atoms with Crippen LogP contribution in [-0.4, -0.2) is 24.6 Å². The zero-order valence-corrected chi connectivity index (χ0v) is 13.4. The van der Waals surface area contributed by atoms with Gasteiger partial charge in [-0.05, 0) is 42.3 Å². The standard InChI is InChI=1S/C15H18BrNOS/c1-2-17(12-15-4-3-11-19-15)9-10-18-14-7-5-13(16)6-8-14/h3-8,11H,2,9-10,12H2,1H3. The van der Waals surface area contributed by atoms with Gasteiger partial charge in [0, 0.05) is 22.4 Å². The Kier molecular flexibility index (Phi) is 5.89. The van der Waals surface area contributed by atoms with Crippen molar-refractivity contribution in [2.45, 2.75) is 13.5 Å². The SMILES string of the molecule is CCN(CCOc1ccc(Br)cc1)Cc1cccs1. The highest BCUT2D eigenvalue weighted by molar-refractivity contribution is 9.10. The van der Waals surface area contributed by atoms with Gasteiger partial charge in [0.2, 0.25) is 0 Å². The van der Waals surface area contributed by atoms with Crippen molar-refractivity contribution in [3.05, 3.63) is 51.1 Å². The maximum absolute atomic E-state index is 5.75. The summed E-state index contributed by atoms with van der Waals surface area (Å²) in [6.07, 6.45) is 0. The molecule has 0 atom stereocenters. The van der Waals surface area contributed by atoms with E-state index in [9.17, 15) is 0 Å². The molecule has 0 fully saturated rings. The minimum Gasteiger partial charge on any atom is -0.492 e. The molecule has 19 heavy (non-hydrogen) atoms. The number of thiophene rings is 1. The Balaban J connectivity index is 1.75. The van der Waals surface area contributed by atoms with E-state index < -0.39 is 0 Å². The quantitative estimate of drug-likeness (QED) is 0.740. The van der Waals surface area contributed by atoms with Gasteiger partial charge in [0.15, 0.2) is 0 Å². The van der Waals surface area contributed by atoms with E-state index in [0.717, 1.165) is 36.5 Å². The lowest BCUT2D eigenvalue weighted by atomic mass is 10.3. The Bertz CT molecular complexity index is 469. The Morgan fingerprint density at radius 1 is 1.21 bits per heavy atom. The van der Waals surface area contributed by atoms with E-state index in [1.807, 2.05) is 35.6 Å². The van der Waals surface area contributed by atoms with Crippen LogP contribution in [0.25, 0.3) is 0 Å². The molecule has 0 spiro atoms. The zero-order valence-electron chi connectivity index (χ0n) is 11.0. The molecule has 0 unspecified atom stereocenters. The normalized spacial score (nSPS) is 10.9. The molecule has 2 nitrogen and oxygen atoms in total. The Morgan fingerprint density at radius 2 is 2.00 bits per heavy atom. The van der Waals surface area contributed by atoms with Crippen LogP contribution < -0.4 is 4.74 Å². The predicted octanol–water partition coefficient (Wildman–Crippen LogP) is 4.41. The van der Waals surface area contributed by atoms with Crippen LogP contribution in [0.5, 0.6) is 5.75 Å². The largest absolute Gasteiger partial charge is 0.492 e.